The summed E-state index contributed by atoms with van der Waals surface area (Å²) in [7, 11) is -3.13. The average molecular weight is 363 g/mol. The van der Waals surface area contributed by atoms with Crippen molar-refractivity contribution in [3.8, 4) is 17.2 Å². The van der Waals surface area contributed by atoms with Gasteiger partial charge in [0.05, 0.1) is 6.04 Å². The summed E-state index contributed by atoms with van der Waals surface area (Å²) < 4.78 is 19.1. The molecule has 0 fully saturated rings. The summed E-state index contributed by atoms with van der Waals surface area (Å²) >= 11 is 0. The topological polar surface area (TPSA) is 27.7 Å². The van der Waals surface area contributed by atoms with E-state index < -0.39 is 8.80 Å². The van der Waals surface area contributed by atoms with Crippen LogP contribution in [-0.2, 0) is 0 Å². The Morgan fingerprint density at radius 2 is 0.962 bits per heavy atom. The maximum Gasteiger partial charge on any atom is 0.703 e. The summed E-state index contributed by atoms with van der Waals surface area (Å²) in [4.78, 5) is 0. The van der Waals surface area contributed by atoms with Gasteiger partial charge in [0.25, 0.3) is 0 Å². The zero-order valence-electron chi connectivity index (χ0n) is 14.7. The summed E-state index contributed by atoms with van der Waals surface area (Å²) in [6.07, 6.45) is 4.01. The molecular weight excluding hydrogens is 340 g/mol. The fourth-order valence-corrected chi connectivity index (χ4v) is 4.84. The van der Waals surface area contributed by atoms with Crippen LogP contribution in [0, 0.1) is 0 Å². The Kier molecular flexibility index (Phi) is 6.12. The minimum atomic E-state index is -3.13. The zero-order chi connectivity index (χ0) is 18.1. The summed E-state index contributed by atoms with van der Waals surface area (Å²) in [6.45, 7) is 1.98. The van der Waals surface area contributed by atoms with Crippen molar-refractivity contribution in [3.05, 3.63) is 103 Å². The van der Waals surface area contributed by atoms with Crippen molar-refractivity contribution in [1.82, 2.24) is 0 Å². The molecule has 0 saturated carbocycles. The van der Waals surface area contributed by atoms with Gasteiger partial charge in [0.2, 0.25) is 0 Å². The van der Waals surface area contributed by atoms with Gasteiger partial charge in [-0.3, -0.25) is 0 Å². The summed E-state index contributed by atoms with van der Waals surface area (Å²) in [5.41, 5.74) is 0. The Labute approximate surface area is 155 Å². The lowest BCUT2D eigenvalue weighted by atomic mass is 10.3. The van der Waals surface area contributed by atoms with Gasteiger partial charge >= 0.3 is 8.80 Å². The number of allylic oxidation sites excluding steroid dienone is 2. The van der Waals surface area contributed by atoms with Crippen LogP contribution in [-0.4, -0.2) is 8.80 Å². The molecule has 3 aromatic carbocycles. The van der Waals surface area contributed by atoms with Crippen molar-refractivity contribution in [2.45, 2.75) is 13.0 Å². The highest BCUT2D eigenvalue weighted by molar-refractivity contribution is 6.63. The zero-order valence-corrected chi connectivity index (χ0v) is 15.7. The third kappa shape index (κ3) is 5.01. The molecule has 0 aromatic heterocycles. The molecule has 0 N–H and O–H groups in total. The van der Waals surface area contributed by atoms with E-state index in [0.717, 1.165) is 17.2 Å². The van der Waals surface area contributed by atoms with E-state index in [0.29, 0.717) is 6.04 Å². The van der Waals surface area contributed by atoms with Gasteiger partial charge in [-0.15, -0.1) is 0 Å². The second kappa shape index (κ2) is 8.92. The van der Waals surface area contributed by atoms with Gasteiger partial charge in [-0.1, -0.05) is 66.7 Å². The van der Waals surface area contributed by atoms with Crippen molar-refractivity contribution < 1.29 is 13.3 Å². The molecule has 26 heavy (non-hydrogen) atoms. The predicted octanol–water partition coefficient (Wildman–Crippen LogP) is 5.74. The second-order valence-corrected chi connectivity index (χ2v) is 8.09. The first-order valence-corrected chi connectivity index (χ1v) is 10.6. The van der Waals surface area contributed by atoms with Gasteiger partial charge < -0.3 is 13.3 Å². The fraction of sp³-hybridized carbons (Fsp3) is 0.0909. The van der Waals surface area contributed by atoms with Gasteiger partial charge in [0.15, 0.2) is 0 Å². The van der Waals surface area contributed by atoms with Gasteiger partial charge in [-0.2, -0.15) is 0 Å². The first-order chi connectivity index (χ1) is 12.8. The summed E-state index contributed by atoms with van der Waals surface area (Å²) in [5, 5.41) is 0. The van der Waals surface area contributed by atoms with E-state index in [9.17, 15) is 0 Å². The molecule has 0 spiro atoms. The van der Waals surface area contributed by atoms with Crippen LogP contribution in [0.3, 0.4) is 0 Å². The van der Waals surface area contributed by atoms with Crippen LogP contribution >= 0.6 is 0 Å². The van der Waals surface area contributed by atoms with Crippen LogP contribution in [0.1, 0.15) is 6.92 Å². The van der Waals surface area contributed by atoms with Crippen molar-refractivity contribution in [1.29, 1.82) is 0 Å². The van der Waals surface area contributed by atoms with Gasteiger partial charge in [0.1, 0.15) is 17.2 Å². The van der Waals surface area contributed by atoms with Crippen LogP contribution in [0.15, 0.2) is 103 Å². The van der Waals surface area contributed by atoms with Crippen LogP contribution in [0.4, 0.5) is 0 Å². The normalized spacial score (nSPS) is 11.3. The smallest absolute Gasteiger partial charge is 0.483 e. The Hall–Kier alpha value is -2.98. The molecule has 0 bridgehead atoms. The van der Waals surface area contributed by atoms with E-state index >= 15 is 0 Å². The van der Waals surface area contributed by atoms with Crippen molar-refractivity contribution >= 4 is 8.80 Å². The SMILES string of the molecule is CC=CC[Si](Oc1ccccc1)(Oc1ccccc1)Oc1ccccc1. The number of rotatable bonds is 8. The molecular formula is C22H22O3Si. The van der Waals surface area contributed by atoms with E-state index in [1.54, 1.807) is 0 Å². The molecule has 0 saturated heterocycles. The Balaban J connectivity index is 1.97. The number of para-hydroxylation sites is 3. The van der Waals surface area contributed by atoms with E-state index in [-0.39, 0.29) is 0 Å². The highest BCUT2D eigenvalue weighted by atomic mass is 28.4. The molecule has 0 amide bonds. The van der Waals surface area contributed by atoms with Crippen molar-refractivity contribution in [2.24, 2.45) is 0 Å². The number of benzene rings is 3. The standard InChI is InChI=1S/C22H22O3Si/c1-2-3-19-26(23-20-13-7-4-8-14-20,24-21-15-9-5-10-16-21)25-22-17-11-6-12-18-22/h2-18H,19H2,1H3. The van der Waals surface area contributed by atoms with Gasteiger partial charge in [0, 0.05) is 0 Å². The van der Waals surface area contributed by atoms with E-state index in [2.05, 4.69) is 0 Å². The Bertz CT molecular complexity index is 703. The molecule has 0 unspecified atom stereocenters. The molecule has 3 nitrogen and oxygen atoms in total. The molecule has 0 radical (unpaired) electrons. The summed E-state index contributed by atoms with van der Waals surface area (Å²) in [6, 6.07) is 29.6. The lowest BCUT2D eigenvalue weighted by molar-refractivity contribution is 0.265. The number of hydrogen-bond donors (Lipinski definition) is 0. The molecule has 0 atom stereocenters. The maximum atomic E-state index is 6.36. The molecule has 0 aliphatic heterocycles. The van der Waals surface area contributed by atoms with Crippen LogP contribution < -0.4 is 13.3 Å². The maximum absolute atomic E-state index is 6.36. The van der Waals surface area contributed by atoms with E-state index in [1.807, 2.05) is 110 Å². The van der Waals surface area contributed by atoms with E-state index in [1.165, 1.54) is 0 Å². The first kappa shape index (κ1) is 17.8. The van der Waals surface area contributed by atoms with Crippen LogP contribution in [0.2, 0.25) is 6.04 Å². The quantitative estimate of drug-likeness (QED) is 0.378. The highest BCUT2D eigenvalue weighted by Crippen LogP contribution is 2.26. The fourth-order valence-electron chi connectivity index (χ4n) is 2.45. The molecule has 0 aliphatic carbocycles. The molecule has 4 heteroatoms. The molecule has 3 aromatic rings. The monoisotopic (exact) mass is 362 g/mol. The van der Waals surface area contributed by atoms with Crippen LogP contribution in [0.25, 0.3) is 0 Å². The third-order valence-corrected chi connectivity index (χ3v) is 6.03. The molecule has 3 rings (SSSR count). The highest BCUT2D eigenvalue weighted by Gasteiger charge is 2.48. The van der Waals surface area contributed by atoms with Gasteiger partial charge in [-0.25, -0.2) is 0 Å². The Morgan fingerprint density at radius 1 is 0.615 bits per heavy atom. The van der Waals surface area contributed by atoms with E-state index in [4.69, 9.17) is 13.3 Å². The van der Waals surface area contributed by atoms with Crippen molar-refractivity contribution in [3.63, 3.8) is 0 Å². The van der Waals surface area contributed by atoms with Gasteiger partial charge in [-0.05, 0) is 43.3 Å². The molecule has 0 heterocycles. The minimum Gasteiger partial charge on any atom is -0.483 e. The lowest BCUT2D eigenvalue weighted by Crippen LogP contribution is -2.54. The summed E-state index contributed by atoms with van der Waals surface area (Å²) in [5.74, 6) is 2.20. The third-order valence-electron chi connectivity index (χ3n) is 3.65. The second-order valence-electron chi connectivity index (χ2n) is 5.70. The largest absolute Gasteiger partial charge is 0.703 e. The van der Waals surface area contributed by atoms with Crippen molar-refractivity contribution in [2.75, 3.05) is 0 Å². The number of hydrogen-bond acceptors (Lipinski definition) is 3. The van der Waals surface area contributed by atoms with Crippen LogP contribution in [0.5, 0.6) is 17.2 Å². The average Bonchev–Trinajstić information content (AvgIpc) is 2.69. The minimum absolute atomic E-state index is 0.558. The lowest BCUT2D eigenvalue weighted by Gasteiger charge is -2.29. The predicted molar refractivity (Wildman–Crippen MR) is 107 cm³/mol. The first-order valence-electron chi connectivity index (χ1n) is 8.63. The Morgan fingerprint density at radius 3 is 1.27 bits per heavy atom. The molecule has 0 aliphatic rings. The molecule has 132 valence electrons.